The summed E-state index contributed by atoms with van der Waals surface area (Å²) < 4.78 is 11.3. The van der Waals surface area contributed by atoms with Crippen LogP contribution in [0, 0.1) is 17.8 Å². The predicted octanol–water partition coefficient (Wildman–Crippen LogP) is 5.37. The minimum Gasteiger partial charge on any atom is -0.497 e. The SMILES string of the molecule is COc1ccc([C@@H]2C=C3c4ccc5ccccc5c4OC(=O)[C@@H]3[C@H]3C(=O)N(c4ccccc4)C(=O)[C@H]32)cc1. The molecule has 4 atom stereocenters. The average molecular weight is 502 g/mol. The fourth-order valence-corrected chi connectivity index (χ4v) is 6.27. The number of nitrogens with zero attached hydrogens (tertiary/aromatic N) is 1. The molecule has 7 rings (SSSR count). The Morgan fingerprint density at radius 3 is 2.24 bits per heavy atom. The van der Waals surface area contributed by atoms with Gasteiger partial charge in [-0.3, -0.25) is 14.4 Å². The lowest BCUT2D eigenvalue weighted by atomic mass is 9.64. The van der Waals surface area contributed by atoms with Crippen molar-refractivity contribution in [2.24, 2.45) is 17.8 Å². The summed E-state index contributed by atoms with van der Waals surface area (Å²) in [5.74, 6) is -2.87. The van der Waals surface area contributed by atoms with E-state index in [1.54, 1.807) is 31.4 Å². The number of amides is 2. The van der Waals surface area contributed by atoms with Crippen LogP contribution in [0.25, 0.3) is 16.3 Å². The Balaban J connectivity index is 1.44. The van der Waals surface area contributed by atoms with Crippen molar-refractivity contribution in [3.05, 3.63) is 108 Å². The first-order valence-corrected chi connectivity index (χ1v) is 12.6. The normalized spacial score (nSPS) is 23.9. The summed E-state index contributed by atoms with van der Waals surface area (Å²) in [6.07, 6.45) is 2.00. The maximum absolute atomic E-state index is 14.0. The second kappa shape index (κ2) is 8.42. The first kappa shape index (κ1) is 22.5. The van der Waals surface area contributed by atoms with Crippen LogP contribution < -0.4 is 14.4 Å². The van der Waals surface area contributed by atoms with Crippen molar-refractivity contribution in [3.8, 4) is 11.5 Å². The van der Waals surface area contributed by atoms with E-state index >= 15 is 0 Å². The molecule has 1 fully saturated rings. The third-order valence-corrected chi connectivity index (χ3v) is 8.00. The number of imide groups is 1. The first-order chi connectivity index (χ1) is 18.6. The third kappa shape index (κ3) is 3.16. The summed E-state index contributed by atoms with van der Waals surface area (Å²) in [5.41, 5.74) is 2.90. The Kier molecular flexibility index (Phi) is 4.98. The molecule has 2 heterocycles. The number of fused-ring (bicyclic) bond motifs is 7. The highest BCUT2D eigenvalue weighted by Gasteiger charge is 2.60. The van der Waals surface area contributed by atoms with Gasteiger partial charge in [0.15, 0.2) is 0 Å². The van der Waals surface area contributed by atoms with E-state index in [0.717, 1.165) is 27.5 Å². The fourth-order valence-electron chi connectivity index (χ4n) is 6.27. The van der Waals surface area contributed by atoms with E-state index in [-0.39, 0.29) is 11.8 Å². The van der Waals surface area contributed by atoms with Crippen LogP contribution in [0.4, 0.5) is 5.69 Å². The van der Waals surface area contributed by atoms with Gasteiger partial charge in [0.2, 0.25) is 11.8 Å². The van der Waals surface area contributed by atoms with Crippen molar-refractivity contribution < 1.29 is 23.9 Å². The number of para-hydroxylation sites is 1. The number of hydrogen-bond acceptors (Lipinski definition) is 5. The fraction of sp³-hybridized carbons (Fsp3) is 0.156. The zero-order chi connectivity index (χ0) is 26.0. The van der Waals surface area contributed by atoms with E-state index < -0.39 is 29.6 Å². The molecular formula is C32H23NO5. The third-order valence-electron chi connectivity index (χ3n) is 8.00. The number of carbonyl (C=O) groups is 3. The molecule has 2 aliphatic heterocycles. The van der Waals surface area contributed by atoms with Gasteiger partial charge in [-0.1, -0.05) is 72.8 Å². The van der Waals surface area contributed by atoms with Crippen molar-refractivity contribution in [2.75, 3.05) is 12.0 Å². The second-order valence-electron chi connectivity index (χ2n) is 9.88. The molecule has 2 amide bonds. The molecule has 1 aliphatic carbocycles. The van der Waals surface area contributed by atoms with E-state index in [4.69, 9.17) is 9.47 Å². The lowest BCUT2D eigenvalue weighted by molar-refractivity contribution is -0.142. The van der Waals surface area contributed by atoms with Gasteiger partial charge in [-0.2, -0.15) is 0 Å². The van der Waals surface area contributed by atoms with E-state index in [0.29, 0.717) is 17.2 Å². The van der Waals surface area contributed by atoms with E-state index in [1.807, 2.05) is 72.8 Å². The number of hydrogen-bond donors (Lipinski definition) is 0. The summed E-state index contributed by atoms with van der Waals surface area (Å²) in [5, 5.41) is 1.79. The summed E-state index contributed by atoms with van der Waals surface area (Å²) in [7, 11) is 1.60. The van der Waals surface area contributed by atoms with Crippen molar-refractivity contribution in [1.29, 1.82) is 0 Å². The second-order valence-corrected chi connectivity index (χ2v) is 9.88. The van der Waals surface area contributed by atoms with Gasteiger partial charge in [0.1, 0.15) is 11.5 Å². The molecule has 0 unspecified atom stereocenters. The van der Waals surface area contributed by atoms with Crippen LogP contribution in [-0.4, -0.2) is 24.9 Å². The summed E-state index contributed by atoms with van der Waals surface area (Å²) in [4.78, 5) is 42.8. The Morgan fingerprint density at radius 2 is 1.47 bits per heavy atom. The molecule has 0 bridgehead atoms. The van der Waals surface area contributed by atoms with Gasteiger partial charge in [-0.05, 0) is 40.8 Å². The van der Waals surface area contributed by atoms with Crippen LogP contribution in [0.2, 0.25) is 0 Å². The molecule has 0 saturated carbocycles. The molecule has 0 radical (unpaired) electrons. The molecule has 6 heteroatoms. The summed E-state index contributed by atoms with van der Waals surface area (Å²) in [6.45, 7) is 0. The van der Waals surface area contributed by atoms with Gasteiger partial charge in [-0.25, -0.2) is 4.90 Å². The van der Waals surface area contributed by atoms with Gasteiger partial charge < -0.3 is 9.47 Å². The van der Waals surface area contributed by atoms with Gasteiger partial charge >= 0.3 is 5.97 Å². The minimum absolute atomic E-state index is 0.306. The number of carbonyl (C=O) groups excluding carboxylic acids is 3. The molecule has 4 aromatic carbocycles. The molecule has 6 nitrogen and oxygen atoms in total. The smallest absolute Gasteiger partial charge is 0.319 e. The molecule has 1 saturated heterocycles. The lowest BCUT2D eigenvalue weighted by Gasteiger charge is -2.38. The Bertz CT molecular complexity index is 1660. The maximum atomic E-state index is 14.0. The summed E-state index contributed by atoms with van der Waals surface area (Å²) in [6, 6.07) is 28.1. The van der Waals surface area contributed by atoms with Crippen molar-refractivity contribution in [1.82, 2.24) is 0 Å². The van der Waals surface area contributed by atoms with Gasteiger partial charge in [0.05, 0.1) is 30.6 Å². The zero-order valence-electron chi connectivity index (χ0n) is 20.5. The van der Waals surface area contributed by atoms with Gasteiger partial charge in [0, 0.05) is 16.9 Å². The monoisotopic (exact) mass is 501 g/mol. The number of esters is 1. The number of methoxy groups -OCH3 is 1. The van der Waals surface area contributed by atoms with E-state index in [2.05, 4.69) is 0 Å². The highest BCUT2D eigenvalue weighted by Crippen LogP contribution is 2.55. The molecule has 186 valence electrons. The van der Waals surface area contributed by atoms with Crippen LogP contribution in [0.5, 0.6) is 11.5 Å². The number of ether oxygens (including phenoxy) is 2. The number of anilines is 1. The quantitative estimate of drug-likeness (QED) is 0.214. The molecule has 0 spiro atoms. The Hall–Kier alpha value is -4.71. The maximum Gasteiger partial charge on any atom is 0.319 e. The van der Waals surface area contributed by atoms with E-state index in [9.17, 15) is 14.4 Å². The molecule has 0 N–H and O–H groups in total. The summed E-state index contributed by atoms with van der Waals surface area (Å²) >= 11 is 0. The van der Waals surface area contributed by atoms with E-state index in [1.165, 1.54) is 4.90 Å². The number of allylic oxidation sites excluding steroid dienone is 1. The van der Waals surface area contributed by atoms with Crippen LogP contribution in [0.1, 0.15) is 17.0 Å². The highest BCUT2D eigenvalue weighted by atomic mass is 16.5. The minimum atomic E-state index is -0.873. The van der Waals surface area contributed by atoms with Crippen LogP contribution in [0.3, 0.4) is 0 Å². The Morgan fingerprint density at radius 1 is 0.763 bits per heavy atom. The topological polar surface area (TPSA) is 72.9 Å². The van der Waals surface area contributed by atoms with Gasteiger partial charge in [0.25, 0.3) is 0 Å². The first-order valence-electron chi connectivity index (χ1n) is 12.6. The van der Waals surface area contributed by atoms with Gasteiger partial charge in [-0.15, -0.1) is 0 Å². The largest absolute Gasteiger partial charge is 0.497 e. The Labute approximate surface area is 219 Å². The van der Waals surface area contributed by atoms with Crippen LogP contribution >= 0.6 is 0 Å². The lowest BCUT2D eigenvalue weighted by Crippen LogP contribution is -2.42. The molecule has 38 heavy (non-hydrogen) atoms. The standard InChI is InChI=1S/C32H23NO5/c1-37-21-14-11-19(12-15-21)24-17-25-23-16-13-18-7-5-6-10-22(18)29(23)38-32(36)27(25)28-26(24)30(34)33(31(28)35)20-8-3-2-4-9-20/h2-17,24,26-28H,1H3/t24-,26-,27-,28-/m0/s1. The molecular weight excluding hydrogens is 478 g/mol. The molecule has 0 aromatic heterocycles. The average Bonchev–Trinajstić information content (AvgIpc) is 3.22. The van der Waals surface area contributed by atoms with Crippen molar-refractivity contribution in [3.63, 3.8) is 0 Å². The van der Waals surface area contributed by atoms with Crippen molar-refractivity contribution >= 4 is 39.8 Å². The molecule has 3 aliphatic rings. The van der Waals surface area contributed by atoms with Crippen LogP contribution in [-0.2, 0) is 14.4 Å². The van der Waals surface area contributed by atoms with Crippen LogP contribution in [0.15, 0.2) is 97.1 Å². The highest BCUT2D eigenvalue weighted by molar-refractivity contribution is 6.24. The predicted molar refractivity (Wildman–Crippen MR) is 143 cm³/mol. The molecule has 4 aromatic rings. The van der Waals surface area contributed by atoms with Crippen molar-refractivity contribution in [2.45, 2.75) is 5.92 Å². The number of rotatable bonds is 3. The number of benzene rings is 4. The zero-order valence-corrected chi connectivity index (χ0v) is 20.5.